The molecule has 1 aromatic carbocycles. The number of benzene rings is 1. The highest BCUT2D eigenvalue weighted by Crippen LogP contribution is 2.27. The predicted octanol–water partition coefficient (Wildman–Crippen LogP) is 1.46. The van der Waals surface area contributed by atoms with Gasteiger partial charge in [-0.3, -0.25) is 5.32 Å². The van der Waals surface area contributed by atoms with Crippen molar-refractivity contribution in [2.45, 2.75) is 0 Å². The van der Waals surface area contributed by atoms with Crippen molar-refractivity contribution in [1.82, 2.24) is 0 Å². The fourth-order valence-corrected chi connectivity index (χ4v) is 0.979. The van der Waals surface area contributed by atoms with Crippen LogP contribution in [0.25, 0.3) is 0 Å². The minimum absolute atomic E-state index is 0.390. The number of para-hydroxylation sites is 1. The Bertz CT molecular complexity index is 387. The van der Waals surface area contributed by atoms with Gasteiger partial charge in [-0.1, -0.05) is 6.07 Å². The van der Waals surface area contributed by atoms with Gasteiger partial charge in [0.15, 0.2) is 6.19 Å². The van der Waals surface area contributed by atoms with Crippen molar-refractivity contribution in [1.29, 1.82) is 10.5 Å². The van der Waals surface area contributed by atoms with E-state index in [0.717, 1.165) is 0 Å². The van der Waals surface area contributed by atoms with Crippen LogP contribution in [0.4, 0.5) is 5.69 Å². The van der Waals surface area contributed by atoms with Crippen LogP contribution in [0, 0.1) is 22.8 Å². The lowest BCUT2D eigenvalue weighted by Gasteiger charge is -2.06. The molecule has 0 atom stereocenters. The smallest absolute Gasteiger partial charge is 0.181 e. The lowest BCUT2D eigenvalue weighted by Crippen LogP contribution is -1.95. The molecule has 0 aliphatic heterocycles. The van der Waals surface area contributed by atoms with Crippen LogP contribution in [-0.2, 0) is 0 Å². The first-order chi connectivity index (χ1) is 6.33. The Labute approximate surface area is 76.0 Å². The average Bonchev–Trinajstić information content (AvgIpc) is 2.18. The largest absolute Gasteiger partial charge is 0.495 e. The zero-order chi connectivity index (χ0) is 9.68. The van der Waals surface area contributed by atoms with Crippen molar-refractivity contribution in [2.24, 2.45) is 0 Å². The van der Waals surface area contributed by atoms with Gasteiger partial charge in [-0.15, -0.1) is 0 Å². The fraction of sp³-hybridized carbons (Fsp3) is 0.111. The molecule has 1 rings (SSSR count). The van der Waals surface area contributed by atoms with E-state index >= 15 is 0 Å². The molecule has 0 heterocycles. The van der Waals surface area contributed by atoms with Crippen LogP contribution in [0.5, 0.6) is 5.75 Å². The summed E-state index contributed by atoms with van der Waals surface area (Å²) in [5.41, 5.74) is 0.802. The summed E-state index contributed by atoms with van der Waals surface area (Å²) in [4.78, 5) is 0. The van der Waals surface area contributed by atoms with E-state index in [1.165, 1.54) is 7.11 Å². The summed E-state index contributed by atoms with van der Waals surface area (Å²) in [5.74, 6) is 0.487. The summed E-state index contributed by atoms with van der Waals surface area (Å²) in [5, 5.41) is 19.5. The van der Waals surface area contributed by atoms with Gasteiger partial charge < -0.3 is 4.74 Å². The SMILES string of the molecule is COc1cccc(C#N)c1NC#N. The van der Waals surface area contributed by atoms with Crippen molar-refractivity contribution in [2.75, 3.05) is 12.4 Å². The van der Waals surface area contributed by atoms with E-state index in [1.54, 1.807) is 24.4 Å². The third kappa shape index (κ3) is 1.69. The first kappa shape index (κ1) is 8.89. The number of rotatable bonds is 2. The van der Waals surface area contributed by atoms with Crippen molar-refractivity contribution < 1.29 is 4.74 Å². The van der Waals surface area contributed by atoms with Gasteiger partial charge in [-0.05, 0) is 12.1 Å². The van der Waals surface area contributed by atoms with Crippen molar-refractivity contribution in [3.8, 4) is 18.0 Å². The summed E-state index contributed by atoms with van der Waals surface area (Å²) in [6, 6.07) is 6.95. The van der Waals surface area contributed by atoms with Crippen molar-refractivity contribution >= 4 is 5.69 Å². The fourth-order valence-electron chi connectivity index (χ4n) is 0.979. The third-order valence-electron chi connectivity index (χ3n) is 1.55. The quantitative estimate of drug-likeness (QED) is 0.543. The summed E-state index contributed by atoms with van der Waals surface area (Å²) < 4.78 is 4.98. The summed E-state index contributed by atoms with van der Waals surface area (Å²) in [7, 11) is 1.49. The Hall–Kier alpha value is -2.20. The Kier molecular flexibility index (Phi) is 2.73. The molecule has 0 bridgehead atoms. The Morgan fingerprint density at radius 2 is 2.15 bits per heavy atom. The molecule has 0 amide bonds. The van der Waals surface area contributed by atoms with Gasteiger partial charge in [-0.2, -0.15) is 10.5 Å². The standard InChI is InChI=1S/C9H7N3O/c1-13-8-4-2-3-7(5-10)9(8)12-6-11/h2-4,12H,1H3. The summed E-state index contributed by atoms with van der Waals surface area (Å²) in [6.45, 7) is 0. The second kappa shape index (κ2) is 3.99. The number of hydrogen-bond donors (Lipinski definition) is 1. The number of nitrogens with zero attached hydrogens (tertiary/aromatic N) is 2. The van der Waals surface area contributed by atoms with Crippen LogP contribution in [0.2, 0.25) is 0 Å². The maximum Gasteiger partial charge on any atom is 0.181 e. The predicted molar refractivity (Wildman–Crippen MR) is 46.9 cm³/mol. The topological polar surface area (TPSA) is 68.8 Å². The molecular formula is C9H7N3O. The van der Waals surface area contributed by atoms with Gasteiger partial charge in [0.05, 0.1) is 12.7 Å². The van der Waals surface area contributed by atoms with Gasteiger partial charge in [0.1, 0.15) is 17.5 Å². The molecule has 0 radical (unpaired) electrons. The molecule has 4 heteroatoms. The highest BCUT2D eigenvalue weighted by atomic mass is 16.5. The normalized spacial score (nSPS) is 8.23. The molecule has 1 aromatic rings. The Morgan fingerprint density at radius 1 is 1.38 bits per heavy atom. The molecule has 0 aromatic heterocycles. The van der Waals surface area contributed by atoms with E-state index in [0.29, 0.717) is 17.0 Å². The van der Waals surface area contributed by atoms with Gasteiger partial charge in [0.2, 0.25) is 0 Å². The molecule has 0 aliphatic rings. The van der Waals surface area contributed by atoms with Crippen LogP contribution in [0.3, 0.4) is 0 Å². The summed E-state index contributed by atoms with van der Waals surface area (Å²) >= 11 is 0. The average molecular weight is 173 g/mol. The van der Waals surface area contributed by atoms with Crippen molar-refractivity contribution in [3.63, 3.8) is 0 Å². The molecule has 0 fully saturated rings. The number of anilines is 1. The number of methoxy groups -OCH3 is 1. The molecule has 1 N–H and O–H groups in total. The molecule has 0 unspecified atom stereocenters. The molecular weight excluding hydrogens is 166 g/mol. The minimum Gasteiger partial charge on any atom is -0.495 e. The van der Waals surface area contributed by atoms with E-state index in [9.17, 15) is 0 Å². The molecule has 0 saturated carbocycles. The van der Waals surface area contributed by atoms with Gasteiger partial charge in [-0.25, -0.2) is 0 Å². The molecule has 64 valence electrons. The highest BCUT2D eigenvalue weighted by Gasteiger charge is 2.06. The van der Waals surface area contributed by atoms with Gasteiger partial charge in [0.25, 0.3) is 0 Å². The van der Waals surface area contributed by atoms with E-state index in [-0.39, 0.29) is 0 Å². The Morgan fingerprint density at radius 3 is 2.69 bits per heavy atom. The molecule has 0 aliphatic carbocycles. The first-order valence-electron chi connectivity index (χ1n) is 3.55. The number of ether oxygens (including phenoxy) is 1. The maximum atomic E-state index is 8.71. The van der Waals surface area contributed by atoms with E-state index < -0.39 is 0 Å². The second-order valence-electron chi connectivity index (χ2n) is 2.23. The first-order valence-corrected chi connectivity index (χ1v) is 3.55. The van der Waals surface area contributed by atoms with Gasteiger partial charge >= 0.3 is 0 Å². The number of hydrogen-bond acceptors (Lipinski definition) is 4. The second-order valence-corrected chi connectivity index (χ2v) is 2.23. The molecule has 13 heavy (non-hydrogen) atoms. The zero-order valence-corrected chi connectivity index (χ0v) is 7.03. The van der Waals surface area contributed by atoms with E-state index in [2.05, 4.69) is 5.32 Å². The van der Waals surface area contributed by atoms with E-state index in [4.69, 9.17) is 15.3 Å². The van der Waals surface area contributed by atoms with Crippen molar-refractivity contribution in [3.05, 3.63) is 23.8 Å². The van der Waals surface area contributed by atoms with Crippen LogP contribution < -0.4 is 10.1 Å². The lowest BCUT2D eigenvalue weighted by molar-refractivity contribution is 0.416. The Balaban J connectivity index is 3.25. The van der Waals surface area contributed by atoms with Crippen LogP contribution in [-0.4, -0.2) is 7.11 Å². The molecule has 0 saturated heterocycles. The monoisotopic (exact) mass is 173 g/mol. The van der Waals surface area contributed by atoms with Crippen LogP contribution in [0.1, 0.15) is 5.56 Å². The highest BCUT2D eigenvalue weighted by molar-refractivity contribution is 5.67. The van der Waals surface area contributed by atoms with Crippen LogP contribution >= 0.6 is 0 Å². The number of nitrogens with one attached hydrogen (secondary N) is 1. The lowest BCUT2D eigenvalue weighted by atomic mass is 10.2. The van der Waals surface area contributed by atoms with Gasteiger partial charge in [0, 0.05) is 0 Å². The third-order valence-corrected chi connectivity index (χ3v) is 1.55. The van der Waals surface area contributed by atoms with Crippen LogP contribution in [0.15, 0.2) is 18.2 Å². The molecule has 0 spiro atoms. The number of nitriles is 2. The molecule has 4 nitrogen and oxygen atoms in total. The summed E-state index contributed by atoms with van der Waals surface area (Å²) in [6.07, 6.45) is 1.75. The van der Waals surface area contributed by atoms with E-state index in [1.807, 2.05) is 6.07 Å². The zero-order valence-electron chi connectivity index (χ0n) is 7.03. The maximum absolute atomic E-state index is 8.71. The minimum atomic E-state index is 0.390.